The predicted octanol–water partition coefficient (Wildman–Crippen LogP) is -0.228. The third-order valence-corrected chi connectivity index (χ3v) is 3.72. The molecule has 1 saturated heterocycles. The van der Waals surface area contributed by atoms with Gasteiger partial charge in [0.05, 0.1) is 6.61 Å². The third-order valence-electron chi connectivity index (χ3n) is 3.72. The van der Waals surface area contributed by atoms with Crippen LogP contribution >= 0.6 is 0 Å². The average molecular weight is 322 g/mol. The summed E-state index contributed by atoms with van der Waals surface area (Å²) in [5.74, 6) is -2.26. The molecule has 0 aromatic heterocycles. The van der Waals surface area contributed by atoms with E-state index >= 15 is 0 Å². The van der Waals surface area contributed by atoms with Crippen LogP contribution in [0.5, 0.6) is 0 Å². The van der Waals surface area contributed by atoms with Crippen LogP contribution in [0.4, 0.5) is 0 Å². The van der Waals surface area contributed by atoms with Crippen LogP contribution in [-0.2, 0) is 28.7 Å². The number of carbonyl (C=O) groups is 5. The fourth-order valence-electron chi connectivity index (χ4n) is 2.63. The maximum atomic E-state index is 12.0. The SMILES string of the molecule is CCOC(=O)C(CCCN1C(=O)C=CC1=O)N1C(=O)CCC1=O. The Labute approximate surface area is 133 Å². The molecule has 1 unspecified atom stereocenters. The molecule has 1 atom stereocenters. The lowest BCUT2D eigenvalue weighted by Gasteiger charge is -2.25. The van der Waals surface area contributed by atoms with E-state index in [-0.39, 0.29) is 32.4 Å². The summed E-state index contributed by atoms with van der Waals surface area (Å²) >= 11 is 0. The number of imide groups is 2. The van der Waals surface area contributed by atoms with E-state index in [0.29, 0.717) is 6.42 Å². The second-order valence-electron chi connectivity index (χ2n) is 5.23. The fourth-order valence-corrected chi connectivity index (χ4v) is 2.63. The van der Waals surface area contributed by atoms with Gasteiger partial charge in [-0.25, -0.2) is 4.79 Å². The van der Waals surface area contributed by atoms with E-state index in [0.717, 1.165) is 9.80 Å². The Bertz CT molecular complexity index is 549. The molecule has 4 amide bonds. The normalized spacial score (nSPS) is 19.0. The first-order valence-corrected chi connectivity index (χ1v) is 7.50. The van der Waals surface area contributed by atoms with Gasteiger partial charge in [0, 0.05) is 31.5 Å². The highest BCUT2D eigenvalue weighted by Gasteiger charge is 2.39. The summed E-state index contributed by atoms with van der Waals surface area (Å²) in [5, 5.41) is 0. The molecule has 0 N–H and O–H groups in total. The first-order chi connectivity index (χ1) is 11.0. The molecular weight excluding hydrogens is 304 g/mol. The summed E-state index contributed by atoms with van der Waals surface area (Å²) in [5.41, 5.74) is 0. The Morgan fingerprint density at radius 1 is 1.13 bits per heavy atom. The average Bonchev–Trinajstić information content (AvgIpc) is 3.00. The van der Waals surface area contributed by atoms with Crippen molar-refractivity contribution in [1.29, 1.82) is 0 Å². The van der Waals surface area contributed by atoms with Gasteiger partial charge in [0.25, 0.3) is 11.8 Å². The van der Waals surface area contributed by atoms with E-state index in [1.807, 2.05) is 0 Å². The molecule has 23 heavy (non-hydrogen) atoms. The van der Waals surface area contributed by atoms with Crippen LogP contribution in [0, 0.1) is 0 Å². The molecule has 0 radical (unpaired) electrons. The first-order valence-electron chi connectivity index (χ1n) is 7.50. The number of esters is 1. The fraction of sp³-hybridized carbons (Fsp3) is 0.533. The van der Waals surface area contributed by atoms with Crippen molar-refractivity contribution in [3.05, 3.63) is 12.2 Å². The number of hydrogen-bond donors (Lipinski definition) is 0. The summed E-state index contributed by atoms with van der Waals surface area (Å²) in [6.07, 6.45) is 2.97. The highest BCUT2D eigenvalue weighted by Crippen LogP contribution is 2.20. The maximum Gasteiger partial charge on any atom is 0.329 e. The van der Waals surface area contributed by atoms with Crippen molar-refractivity contribution in [3.8, 4) is 0 Å². The van der Waals surface area contributed by atoms with Crippen LogP contribution in [0.25, 0.3) is 0 Å². The van der Waals surface area contributed by atoms with Crippen LogP contribution < -0.4 is 0 Å². The Morgan fingerprint density at radius 2 is 1.70 bits per heavy atom. The van der Waals surface area contributed by atoms with Crippen molar-refractivity contribution < 1.29 is 28.7 Å². The van der Waals surface area contributed by atoms with Crippen LogP contribution in [0.3, 0.4) is 0 Å². The van der Waals surface area contributed by atoms with Crippen LogP contribution in [0.2, 0.25) is 0 Å². The molecule has 0 spiro atoms. The van der Waals surface area contributed by atoms with E-state index in [4.69, 9.17) is 4.74 Å². The smallest absolute Gasteiger partial charge is 0.329 e. The van der Waals surface area contributed by atoms with E-state index < -0.39 is 35.6 Å². The van der Waals surface area contributed by atoms with Crippen molar-refractivity contribution in [2.75, 3.05) is 13.2 Å². The van der Waals surface area contributed by atoms with Gasteiger partial charge in [-0.2, -0.15) is 0 Å². The molecule has 8 nitrogen and oxygen atoms in total. The van der Waals surface area contributed by atoms with Crippen molar-refractivity contribution in [3.63, 3.8) is 0 Å². The molecule has 2 aliphatic rings. The van der Waals surface area contributed by atoms with Gasteiger partial charge < -0.3 is 4.74 Å². The van der Waals surface area contributed by atoms with E-state index in [9.17, 15) is 24.0 Å². The van der Waals surface area contributed by atoms with Gasteiger partial charge in [-0.15, -0.1) is 0 Å². The lowest BCUT2D eigenvalue weighted by molar-refractivity contribution is -0.158. The first kappa shape index (κ1) is 16.9. The zero-order valence-corrected chi connectivity index (χ0v) is 12.8. The lowest BCUT2D eigenvalue weighted by Crippen LogP contribution is -2.45. The predicted molar refractivity (Wildman–Crippen MR) is 76.6 cm³/mol. The number of ether oxygens (including phenoxy) is 1. The van der Waals surface area contributed by atoms with E-state index in [1.54, 1.807) is 6.92 Å². The standard InChI is InChI=1S/C15H18N2O6/c1-2-23-15(22)10(17-13(20)7-8-14(17)21)4-3-9-16-11(18)5-6-12(16)19/h5-6,10H,2-4,7-9H2,1H3. The highest BCUT2D eigenvalue weighted by atomic mass is 16.5. The van der Waals surface area contributed by atoms with Gasteiger partial charge in [-0.1, -0.05) is 0 Å². The molecule has 0 aromatic carbocycles. The summed E-state index contributed by atoms with van der Waals surface area (Å²) < 4.78 is 4.93. The minimum Gasteiger partial charge on any atom is -0.464 e. The van der Waals surface area contributed by atoms with Gasteiger partial charge in [0.1, 0.15) is 6.04 Å². The molecule has 8 heteroatoms. The summed E-state index contributed by atoms with van der Waals surface area (Å²) in [6.45, 7) is 1.89. The topological polar surface area (TPSA) is 101 Å². The summed E-state index contributed by atoms with van der Waals surface area (Å²) in [6, 6.07) is -1.00. The summed E-state index contributed by atoms with van der Waals surface area (Å²) in [4.78, 5) is 60.6. The molecule has 1 fully saturated rings. The Morgan fingerprint density at radius 3 is 2.22 bits per heavy atom. The van der Waals surface area contributed by atoms with E-state index in [2.05, 4.69) is 0 Å². The molecule has 0 bridgehead atoms. The lowest BCUT2D eigenvalue weighted by atomic mass is 10.1. The zero-order chi connectivity index (χ0) is 17.0. The molecule has 0 aromatic rings. The minimum absolute atomic E-state index is 0.0851. The molecule has 0 saturated carbocycles. The van der Waals surface area contributed by atoms with Gasteiger partial charge in [0.15, 0.2) is 0 Å². The minimum atomic E-state index is -1.00. The quantitative estimate of drug-likeness (QED) is 0.474. The number of likely N-dealkylation sites (tertiary alicyclic amines) is 1. The number of amides is 4. The second-order valence-corrected chi connectivity index (χ2v) is 5.23. The van der Waals surface area contributed by atoms with Crippen LogP contribution in [0.15, 0.2) is 12.2 Å². The highest BCUT2D eigenvalue weighted by molar-refractivity contribution is 6.12. The van der Waals surface area contributed by atoms with Crippen molar-refractivity contribution in [2.45, 2.75) is 38.6 Å². The number of carbonyl (C=O) groups excluding carboxylic acids is 5. The molecule has 2 rings (SSSR count). The molecule has 124 valence electrons. The molecule has 2 aliphatic heterocycles. The van der Waals surface area contributed by atoms with Crippen molar-refractivity contribution in [1.82, 2.24) is 9.80 Å². The zero-order valence-electron chi connectivity index (χ0n) is 12.8. The second kappa shape index (κ2) is 7.17. The maximum absolute atomic E-state index is 12.0. The van der Waals surface area contributed by atoms with Crippen LogP contribution in [-0.4, -0.2) is 58.6 Å². The number of hydrogen-bond acceptors (Lipinski definition) is 6. The van der Waals surface area contributed by atoms with Gasteiger partial charge in [0.2, 0.25) is 11.8 Å². The van der Waals surface area contributed by atoms with Gasteiger partial charge in [-0.05, 0) is 19.8 Å². The van der Waals surface area contributed by atoms with Gasteiger partial charge >= 0.3 is 5.97 Å². The largest absolute Gasteiger partial charge is 0.464 e. The Kier molecular flexibility index (Phi) is 5.25. The molecular formula is C15H18N2O6. The van der Waals surface area contributed by atoms with Gasteiger partial charge in [-0.3, -0.25) is 29.0 Å². The number of nitrogens with zero attached hydrogens (tertiary/aromatic N) is 2. The Hall–Kier alpha value is -2.51. The summed E-state index contributed by atoms with van der Waals surface area (Å²) in [7, 11) is 0. The Balaban J connectivity index is 1.99. The third kappa shape index (κ3) is 3.64. The van der Waals surface area contributed by atoms with E-state index in [1.165, 1.54) is 12.2 Å². The molecule has 0 aliphatic carbocycles. The monoisotopic (exact) mass is 322 g/mol. The van der Waals surface area contributed by atoms with Crippen molar-refractivity contribution >= 4 is 29.6 Å². The molecule has 2 heterocycles. The van der Waals surface area contributed by atoms with Crippen LogP contribution in [0.1, 0.15) is 32.6 Å². The number of rotatable bonds is 7. The van der Waals surface area contributed by atoms with Crippen molar-refractivity contribution in [2.24, 2.45) is 0 Å².